The fourth-order valence-corrected chi connectivity index (χ4v) is 4.49. The van der Waals surface area contributed by atoms with Crippen molar-refractivity contribution in [1.29, 1.82) is 0 Å². The third-order valence-corrected chi connectivity index (χ3v) is 6.50. The largest absolute Gasteiger partial charge is 0.339 e. The van der Waals surface area contributed by atoms with Crippen molar-refractivity contribution in [2.75, 3.05) is 18.4 Å². The number of imidazole rings is 1. The Balaban J connectivity index is 1.11. The highest BCUT2D eigenvalue weighted by atomic mass is 19.2. The van der Waals surface area contributed by atoms with Gasteiger partial charge in [0.05, 0.1) is 0 Å². The summed E-state index contributed by atoms with van der Waals surface area (Å²) < 4.78 is 28.5. The minimum absolute atomic E-state index is 0.156. The van der Waals surface area contributed by atoms with Crippen LogP contribution < -0.4 is 10.6 Å². The molecule has 2 aromatic carbocycles. The summed E-state index contributed by atoms with van der Waals surface area (Å²) in [5.41, 5.74) is 3.75. The van der Waals surface area contributed by atoms with Gasteiger partial charge in [-0.15, -0.1) is 0 Å². The molecule has 5 rings (SSSR count). The van der Waals surface area contributed by atoms with Gasteiger partial charge in [-0.05, 0) is 72.4 Å². The Morgan fingerprint density at radius 3 is 2.47 bits per heavy atom. The number of carbonyl (C=O) groups excluding carboxylic acids is 2. The summed E-state index contributed by atoms with van der Waals surface area (Å²) in [4.78, 5) is 30.9. The van der Waals surface area contributed by atoms with E-state index in [0.717, 1.165) is 41.7 Å². The molecule has 0 atom stereocenters. The molecule has 9 heteroatoms. The Hall–Kier alpha value is -4.27. The van der Waals surface area contributed by atoms with Crippen LogP contribution in [0.2, 0.25) is 0 Å². The first-order valence-corrected chi connectivity index (χ1v) is 11.8. The second kappa shape index (κ2) is 10.2. The quantitative estimate of drug-likeness (QED) is 0.416. The van der Waals surface area contributed by atoms with Crippen LogP contribution in [0.4, 0.5) is 19.3 Å². The third-order valence-electron chi connectivity index (χ3n) is 6.50. The average molecular weight is 490 g/mol. The molecule has 0 aliphatic carbocycles. The normalized spacial score (nSPS) is 14.1. The molecule has 1 saturated heterocycles. The number of fused-ring (bicyclic) bond motifs is 1. The van der Waals surface area contributed by atoms with Crippen LogP contribution in [0.15, 0.2) is 73.2 Å². The molecule has 2 aromatic heterocycles. The molecule has 7 nitrogen and oxygen atoms in total. The molecule has 1 aliphatic heterocycles. The SMILES string of the molecule is O=C(NCc1ccn2ccnc2c1)Nc1ccc(C2CCN(C(=O)c3ccc(F)c(F)c3)CC2)cc1. The summed E-state index contributed by atoms with van der Waals surface area (Å²) in [6.07, 6.45) is 7.02. The summed E-state index contributed by atoms with van der Waals surface area (Å²) in [5, 5.41) is 5.69. The summed E-state index contributed by atoms with van der Waals surface area (Å²) in [6, 6.07) is 14.5. The Kier molecular flexibility index (Phi) is 6.62. The summed E-state index contributed by atoms with van der Waals surface area (Å²) >= 11 is 0. The minimum atomic E-state index is -1.02. The Labute approximate surface area is 206 Å². The van der Waals surface area contributed by atoms with Crippen molar-refractivity contribution in [3.05, 3.63) is 102 Å². The number of hydrogen-bond acceptors (Lipinski definition) is 3. The highest BCUT2D eigenvalue weighted by Gasteiger charge is 2.25. The van der Waals surface area contributed by atoms with E-state index in [0.29, 0.717) is 25.3 Å². The molecule has 3 heterocycles. The van der Waals surface area contributed by atoms with Gasteiger partial charge in [0.1, 0.15) is 5.65 Å². The average Bonchev–Trinajstić information content (AvgIpc) is 3.37. The van der Waals surface area contributed by atoms with E-state index in [1.807, 2.05) is 53.2 Å². The number of pyridine rings is 1. The molecule has 0 bridgehead atoms. The predicted molar refractivity (Wildman–Crippen MR) is 132 cm³/mol. The maximum absolute atomic E-state index is 13.5. The van der Waals surface area contributed by atoms with Gasteiger partial charge < -0.3 is 19.9 Å². The van der Waals surface area contributed by atoms with Gasteiger partial charge in [-0.2, -0.15) is 0 Å². The van der Waals surface area contributed by atoms with Gasteiger partial charge in [-0.1, -0.05) is 12.1 Å². The number of hydrogen-bond donors (Lipinski definition) is 2. The van der Waals surface area contributed by atoms with Gasteiger partial charge in [-0.3, -0.25) is 4.79 Å². The van der Waals surface area contributed by atoms with E-state index in [4.69, 9.17) is 0 Å². The van der Waals surface area contributed by atoms with Crippen LogP contribution >= 0.6 is 0 Å². The second-order valence-electron chi connectivity index (χ2n) is 8.85. The monoisotopic (exact) mass is 489 g/mol. The number of anilines is 1. The molecule has 4 aromatic rings. The first kappa shape index (κ1) is 23.5. The smallest absolute Gasteiger partial charge is 0.319 e. The summed E-state index contributed by atoms with van der Waals surface area (Å²) in [5.74, 6) is -2.00. The Bertz CT molecular complexity index is 1400. The van der Waals surface area contributed by atoms with Crippen molar-refractivity contribution in [2.24, 2.45) is 0 Å². The van der Waals surface area contributed by atoms with Crippen molar-refractivity contribution in [3.63, 3.8) is 0 Å². The van der Waals surface area contributed by atoms with E-state index >= 15 is 0 Å². The molecule has 0 unspecified atom stereocenters. The highest BCUT2D eigenvalue weighted by Crippen LogP contribution is 2.29. The van der Waals surface area contributed by atoms with Crippen molar-refractivity contribution < 1.29 is 18.4 Å². The van der Waals surface area contributed by atoms with Crippen molar-refractivity contribution >= 4 is 23.3 Å². The number of piperidine rings is 1. The van der Waals surface area contributed by atoms with Crippen LogP contribution in [0, 0.1) is 11.6 Å². The van der Waals surface area contributed by atoms with Crippen LogP contribution in [0.5, 0.6) is 0 Å². The third kappa shape index (κ3) is 5.19. The number of rotatable bonds is 5. The van der Waals surface area contributed by atoms with Gasteiger partial charge in [0.15, 0.2) is 11.6 Å². The first-order valence-electron chi connectivity index (χ1n) is 11.8. The molecule has 1 aliphatic rings. The lowest BCUT2D eigenvalue weighted by Crippen LogP contribution is -2.38. The summed E-state index contributed by atoms with van der Waals surface area (Å²) in [6.45, 7) is 1.46. The minimum Gasteiger partial charge on any atom is -0.339 e. The fraction of sp³-hybridized carbons (Fsp3) is 0.222. The van der Waals surface area contributed by atoms with Gasteiger partial charge >= 0.3 is 6.03 Å². The number of amides is 3. The van der Waals surface area contributed by atoms with Crippen molar-refractivity contribution in [3.8, 4) is 0 Å². The lowest BCUT2D eigenvalue weighted by molar-refractivity contribution is 0.0712. The van der Waals surface area contributed by atoms with Crippen LogP contribution in [0.3, 0.4) is 0 Å². The van der Waals surface area contributed by atoms with Crippen LogP contribution in [0.1, 0.15) is 40.2 Å². The van der Waals surface area contributed by atoms with E-state index < -0.39 is 11.6 Å². The number of benzene rings is 2. The zero-order valence-corrected chi connectivity index (χ0v) is 19.5. The second-order valence-corrected chi connectivity index (χ2v) is 8.85. The van der Waals surface area contributed by atoms with Gasteiger partial charge in [0, 0.05) is 49.5 Å². The lowest BCUT2D eigenvalue weighted by Gasteiger charge is -2.32. The van der Waals surface area contributed by atoms with Crippen molar-refractivity contribution in [1.82, 2.24) is 19.6 Å². The molecule has 2 N–H and O–H groups in total. The van der Waals surface area contributed by atoms with E-state index in [1.165, 1.54) is 6.07 Å². The number of halogens is 2. The molecule has 0 spiro atoms. The van der Waals surface area contributed by atoms with Crippen LogP contribution in [-0.2, 0) is 6.54 Å². The number of aromatic nitrogens is 2. The lowest BCUT2D eigenvalue weighted by atomic mass is 9.89. The fourth-order valence-electron chi connectivity index (χ4n) is 4.49. The molecule has 3 amide bonds. The van der Waals surface area contributed by atoms with E-state index in [2.05, 4.69) is 15.6 Å². The van der Waals surface area contributed by atoms with E-state index in [-0.39, 0.29) is 23.4 Å². The molecule has 36 heavy (non-hydrogen) atoms. The van der Waals surface area contributed by atoms with Gasteiger partial charge in [-0.25, -0.2) is 18.6 Å². The number of carbonyl (C=O) groups is 2. The molecule has 0 radical (unpaired) electrons. The zero-order chi connectivity index (χ0) is 25.1. The maximum atomic E-state index is 13.5. The molecule has 0 saturated carbocycles. The number of nitrogens with zero attached hydrogens (tertiary/aromatic N) is 3. The van der Waals surface area contributed by atoms with Crippen molar-refractivity contribution in [2.45, 2.75) is 25.3 Å². The highest BCUT2D eigenvalue weighted by molar-refractivity contribution is 5.94. The number of urea groups is 1. The van der Waals surface area contributed by atoms with Crippen LogP contribution in [-0.4, -0.2) is 39.3 Å². The Morgan fingerprint density at radius 2 is 1.72 bits per heavy atom. The molecular formula is C27H25F2N5O2. The first-order chi connectivity index (χ1) is 17.5. The van der Waals surface area contributed by atoms with E-state index in [9.17, 15) is 18.4 Å². The zero-order valence-electron chi connectivity index (χ0n) is 19.5. The van der Waals surface area contributed by atoms with Gasteiger partial charge in [0.2, 0.25) is 0 Å². The molecule has 184 valence electrons. The number of likely N-dealkylation sites (tertiary alicyclic amines) is 1. The number of nitrogens with one attached hydrogen (secondary N) is 2. The van der Waals surface area contributed by atoms with Crippen LogP contribution in [0.25, 0.3) is 5.65 Å². The summed E-state index contributed by atoms with van der Waals surface area (Å²) in [7, 11) is 0. The maximum Gasteiger partial charge on any atom is 0.319 e. The van der Waals surface area contributed by atoms with E-state index in [1.54, 1.807) is 11.1 Å². The van der Waals surface area contributed by atoms with Gasteiger partial charge in [0.25, 0.3) is 5.91 Å². The molecular weight excluding hydrogens is 464 g/mol. The Morgan fingerprint density at radius 1 is 0.944 bits per heavy atom. The molecule has 1 fully saturated rings. The topological polar surface area (TPSA) is 78.7 Å². The predicted octanol–water partition coefficient (Wildman–Crippen LogP) is 4.95. The standard InChI is InChI=1S/C27H25F2N5O2/c28-23-6-3-21(16-24(23)29)26(35)34-12-8-20(9-13-34)19-1-4-22(5-2-19)32-27(36)31-17-18-7-11-33-14-10-30-25(33)15-18/h1-7,10-11,14-16,20H,8-9,12-13,17H2,(H2,31,32,36).